The third kappa shape index (κ3) is 3.81. The van der Waals surface area contributed by atoms with Crippen LogP contribution in [-0.4, -0.2) is 32.8 Å². The number of nitrogens with zero attached hydrogens (tertiary/aromatic N) is 2. The molecule has 2 N–H and O–H groups in total. The smallest absolute Gasteiger partial charge is 0.326 e. The van der Waals surface area contributed by atoms with E-state index in [1.165, 1.54) is 0 Å². The number of carbonyl (C=O) groups excluding carboxylic acids is 1. The Balaban J connectivity index is 2.05. The van der Waals surface area contributed by atoms with E-state index in [0.29, 0.717) is 6.42 Å². The van der Waals surface area contributed by atoms with Gasteiger partial charge in [0.05, 0.1) is 11.7 Å². The molecule has 0 aliphatic heterocycles. The lowest BCUT2D eigenvalue weighted by Gasteiger charge is -2.16. The number of fused-ring (bicyclic) bond motifs is 1. The Hall–Kier alpha value is -2.37. The predicted molar refractivity (Wildman–Crippen MR) is 78.8 cm³/mol. The third-order valence-electron chi connectivity index (χ3n) is 3.18. The molecule has 6 nitrogen and oxygen atoms in total. The molecule has 6 heteroatoms. The molecule has 0 saturated carbocycles. The van der Waals surface area contributed by atoms with Crippen molar-refractivity contribution in [1.82, 2.24) is 15.1 Å². The van der Waals surface area contributed by atoms with Crippen molar-refractivity contribution in [1.29, 1.82) is 0 Å². The van der Waals surface area contributed by atoms with Crippen molar-refractivity contribution in [2.45, 2.75) is 32.9 Å². The predicted octanol–water partition coefficient (Wildman–Crippen LogP) is 1.65. The summed E-state index contributed by atoms with van der Waals surface area (Å²) in [5.74, 6) is -1.17. The van der Waals surface area contributed by atoms with Crippen LogP contribution in [0.4, 0.5) is 0 Å². The second kappa shape index (κ2) is 6.39. The van der Waals surface area contributed by atoms with E-state index in [-0.39, 0.29) is 18.4 Å². The van der Waals surface area contributed by atoms with Crippen LogP contribution in [0.1, 0.15) is 20.3 Å². The topological polar surface area (TPSA) is 84.2 Å². The van der Waals surface area contributed by atoms with Crippen LogP contribution in [-0.2, 0) is 16.1 Å². The van der Waals surface area contributed by atoms with Crippen LogP contribution in [0.2, 0.25) is 0 Å². The standard InChI is InChI=1S/C15H19N3O3/c1-10(2)7-12(15(20)21)17-14(19)9-18-13-6-4-3-5-11(13)8-16-18/h3-6,8,10,12H,7,9H2,1-2H3,(H,17,19)(H,20,21). The van der Waals surface area contributed by atoms with E-state index in [1.54, 1.807) is 10.9 Å². The first-order valence-corrected chi connectivity index (χ1v) is 6.90. The fraction of sp³-hybridized carbons (Fsp3) is 0.400. The van der Waals surface area contributed by atoms with Crippen molar-refractivity contribution in [3.8, 4) is 0 Å². The lowest BCUT2D eigenvalue weighted by atomic mass is 10.0. The molecule has 1 aromatic carbocycles. The number of amides is 1. The zero-order chi connectivity index (χ0) is 15.4. The van der Waals surface area contributed by atoms with E-state index in [9.17, 15) is 9.59 Å². The van der Waals surface area contributed by atoms with Gasteiger partial charge in [-0.15, -0.1) is 0 Å². The molecular weight excluding hydrogens is 270 g/mol. The summed E-state index contributed by atoms with van der Waals surface area (Å²) >= 11 is 0. The van der Waals surface area contributed by atoms with Gasteiger partial charge in [0.2, 0.25) is 5.91 Å². The fourth-order valence-electron chi connectivity index (χ4n) is 2.22. The van der Waals surface area contributed by atoms with E-state index >= 15 is 0 Å². The maximum Gasteiger partial charge on any atom is 0.326 e. The van der Waals surface area contributed by atoms with Crippen molar-refractivity contribution < 1.29 is 14.7 Å². The highest BCUT2D eigenvalue weighted by Gasteiger charge is 2.21. The Labute approximate surface area is 122 Å². The summed E-state index contributed by atoms with van der Waals surface area (Å²) in [6.45, 7) is 3.85. The average molecular weight is 289 g/mol. The SMILES string of the molecule is CC(C)CC(NC(=O)Cn1ncc2ccccc21)C(=O)O. The number of rotatable bonds is 6. The zero-order valence-electron chi connectivity index (χ0n) is 12.1. The number of benzene rings is 1. The highest BCUT2D eigenvalue weighted by molar-refractivity contribution is 5.85. The molecule has 1 atom stereocenters. The Kier molecular flexibility index (Phi) is 4.57. The summed E-state index contributed by atoms with van der Waals surface area (Å²) in [6.07, 6.45) is 2.09. The van der Waals surface area contributed by atoms with Crippen LogP contribution >= 0.6 is 0 Å². The Morgan fingerprint density at radius 3 is 2.71 bits per heavy atom. The van der Waals surface area contributed by atoms with E-state index in [2.05, 4.69) is 10.4 Å². The molecule has 2 rings (SSSR count). The van der Waals surface area contributed by atoms with Crippen molar-refractivity contribution in [3.05, 3.63) is 30.5 Å². The van der Waals surface area contributed by atoms with Gasteiger partial charge < -0.3 is 10.4 Å². The number of nitrogens with one attached hydrogen (secondary N) is 1. The molecule has 0 aliphatic rings. The van der Waals surface area contributed by atoms with Gasteiger partial charge in [0.15, 0.2) is 0 Å². The largest absolute Gasteiger partial charge is 0.480 e. The van der Waals surface area contributed by atoms with E-state index < -0.39 is 12.0 Å². The van der Waals surface area contributed by atoms with E-state index in [1.807, 2.05) is 38.1 Å². The van der Waals surface area contributed by atoms with Crippen molar-refractivity contribution in [2.75, 3.05) is 0 Å². The summed E-state index contributed by atoms with van der Waals surface area (Å²) in [4.78, 5) is 23.2. The van der Waals surface area contributed by atoms with Gasteiger partial charge in [0.1, 0.15) is 12.6 Å². The Morgan fingerprint density at radius 2 is 2.05 bits per heavy atom. The summed E-state index contributed by atoms with van der Waals surface area (Å²) in [5, 5.41) is 16.8. The Bertz CT molecular complexity index is 648. The summed E-state index contributed by atoms with van der Waals surface area (Å²) in [6, 6.07) is 6.70. The maximum atomic E-state index is 12.0. The molecule has 0 saturated heterocycles. The molecule has 1 aromatic heterocycles. The molecule has 0 radical (unpaired) electrons. The lowest BCUT2D eigenvalue weighted by molar-refractivity contribution is -0.142. The molecule has 0 bridgehead atoms. The summed E-state index contributed by atoms with van der Waals surface area (Å²) < 4.78 is 1.57. The number of aliphatic carboxylic acids is 1. The molecular formula is C15H19N3O3. The second-order valence-corrected chi connectivity index (χ2v) is 5.45. The first kappa shape index (κ1) is 15.0. The normalized spacial score (nSPS) is 12.5. The van der Waals surface area contributed by atoms with Gasteiger partial charge in [-0.05, 0) is 18.4 Å². The Morgan fingerprint density at radius 1 is 1.33 bits per heavy atom. The van der Waals surface area contributed by atoms with Crippen LogP contribution < -0.4 is 5.32 Å². The van der Waals surface area contributed by atoms with Gasteiger partial charge in [-0.25, -0.2) is 4.79 Å². The number of hydrogen-bond acceptors (Lipinski definition) is 3. The van der Waals surface area contributed by atoms with Crippen molar-refractivity contribution in [2.24, 2.45) is 5.92 Å². The van der Waals surface area contributed by atoms with Crippen molar-refractivity contribution in [3.63, 3.8) is 0 Å². The first-order valence-electron chi connectivity index (χ1n) is 6.90. The quantitative estimate of drug-likeness (QED) is 0.847. The van der Waals surface area contributed by atoms with Crippen LogP contribution in [0.3, 0.4) is 0 Å². The molecule has 2 aromatic rings. The van der Waals surface area contributed by atoms with E-state index in [4.69, 9.17) is 5.11 Å². The zero-order valence-corrected chi connectivity index (χ0v) is 12.1. The highest BCUT2D eigenvalue weighted by atomic mass is 16.4. The highest BCUT2D eigenvalue weighted by Crippen LogP contribution is 2.12. The van der Waals surface area contributed by atoms with Gasteiger partial charge in [-0.2, -0.15) is 5.10 Å². The van der Waals surface area contributed by atoms with Crippen LogP contribution in [0.25, 0.3) is 10.9 Å². The van der Waals surface area contributed by atoms with Gasteiger partial charge in [0.25, 0.3) is 0 Å². The van der Waals surface area contributed by atoms with Gasteiger partial charge >= 0.3 is 5.97 Å². The summed E-state index contributed by atoms with van der Waals surface area (Å²) in [5.41, 5.74) is 0.850. The van der Waals surface area contributed by atoms with Crippen LogP contribution in [0, 0.1) is 5.92 Å². The lowest BCUT2D eigenvalue weighted by Crippen LogP contribution is -2.43. The van der Waals surface area contributed by atoms with Gasteiger partial charge in [-0.1, -0.05) is 32.0 Å². The molecule has 1 amide bonds. The molecule has 0 aliphatic carbocycles. The third-order valence-corrected chi connectivity index (χ3v) is 3.18. The molecule has 1 heterocycles. The maximum absolute atomic E-state index is 12.0. The van der Waals surface area contributed by atoms with Crippen LogP contribution in [0.5, 0.6) is 0 Å². The number of hydrogen-bond donors (Lipinski definition) is 2. The first-order chi connectivity index (χ1) is 9.97. The minimum absolute atomic E-state index is 0.00931. The minimum atomic E-state index is -1.01. The number of carboxylic acid groups (broad SMARTS) is 1. The van der Waals surface area contributed by atoms with Crippen LogP contribution in [0.15, 0.2) is 30.5 Å². The molecule has 112 valence electrons. The molecule has 1 unspecified atom stereocenters. The molecule has 0 fully saturated rings. The fourth-order valence-corrected chi connectivity index (χ4v) is 2.22. The summed E-state index contributed by atoms with van der Waals surface area (Å²) in [7, 11) is 0. The van der Waals surface area contributed by atoms with Crippen molar-refractivity contribution >= 4 is 22.8 Å². The number of carboxylic acids is 1. The van der Waals surface area contributed by atoms with Gasteiger partial charge in [0, 0.05) is 5.39 Å². The molecule has 0 spiro atoms. The molecule has 21 heavy (non-hydrogen) atoms. The number of aromatic nitrogens is 2. The minimum Gasteiger partial charge on any atom is -0.480 e. The monoisotopic (exact) mass is 289 g/mol. The number of carbonyl (C=O) groups is 2. The van der Waals surface area contributed by atoms with Gasteiger partial charge in [-0.3, -0.25) is 9.48 Å². The number of para-hydroxylation sites is 1. The van der Waals surface area contributed by atoms with E-state index in [0.717, 1.165) is 10.9 Å². The second-order valence-electron chi connectivity index (χ2n) is 5.45. The average Bonchev–Trinajstić information content (AvgIpc) is 2.81.